The molecule has 3 nitrogen and oxygen atoms in total. The van der Waals surface area contributed by atoms with Crippen molar-refractivity contribution in [1.82, 2.24) is 5.32 Å². The van der Waals surface area contributed by atoms with Crippen molar-refractivity contribution in [3.05, 3.63) is 0 Å². The predicted octanol–water partition coefficient (Wildman–Crippen LogP) is -0.109. The predicted molar refractivity (Wildman–Crippen MR) is 42.0 cm³/mol. The summed E-state index contributed by atoms with van der Waals surface area (Å²) >= 11 is 0. The van der Waals surface area contributed by atoms with E-state index in [4.69, 9.17) is 5.73 Å². The van der Waals surface area contributed by atoms with Crippen LogP contribution in [0.1, 0.15) is 13.3 Å². The molecule has 1 saturated heterocycles. The van der Waals surface area contributed by atoms with Crippen LogP contribution in [0.15, 0.2) is 0 Å². The molecule has 0 aliphatic carbocycles. The van der Waals surface area contributed by atoms with E-state index in [2.05, 4.69) is 5.32 Å². The normalized spacial score (nSPS) is 32.4. The lowest BCUT2D eigenvalue weighted by Crippen LogP contribution is -2.47. The highest BCUT2D eigenvalue weighted by molar-refractivity contribution is 5.85. The molecule has 1 amide bonds. The van der Waals surface area contributed by atoms with E-state index in [0.29, 0.717) is 0 Å². The van der Waals surface area contributed by atoms with Gasteiger partial charge < -0.3 is 11.1 Å². The molecule has 3 N–H and O–H groups in total. The minimum absolute atomic E-state index is 0. The van der Waals surface area contributed by atoms with Crippen LogP contribution in [0.4, 0.5) is 0 Å². The molecule has 2 atom stereocenters. The van der Waals surface area contributed by atoms with E-state index in [1.54, 1.807) is 0 Å². The molecule has 0 aromatic carbocycles. The SMILES string of the molecule is CC1C(=O)NCCC1N.Cl. The van der Waals surface area contributed by atoms with Crippen LogP contribution in [0.2, 0.25) is 0 Å². The molecular weight excluding hydrogens is 152 g/mol. The summed E-state index contributed by atoms with van der Waals surface area (Å²) in [5, 5.41) is 2.74. The van der Waals surface area contributed by atoms with Gasteiger partial charge in [-0.25, -0.2) is 0 Å². The minimum atomic E-state index is -0.00116. The molecule has 1 aliphatic heterocycles. The zero-order valence-electron chi connectivity index (χ0n) is 5.96. The summed E-state index contributed by atoms with van der Waals surface area (Å²) in [6.07, 6.45) is 0.910. The zero-order chi connectivity index (χ0) is 6.85. The number of carbonyl (C=O) groups excluding carboxylic acids is 1. The van der Waals surface area contributed by atoms with Crippen LogP contribution < -0.4 is 11.1 Å². The van der Waals surface area contributed by atoms with E-state index in [1.165, 1.54) is 0 Å². The van der Waals surface area contributed by atoms with E-state index < -0.39 is 0 Å². The van der Waals surface area contributed by atoms with Crippen molar-refractivity contribution < 1.29 is 4.79 Å². The second-order valence-corrected chi connectivity index (χ2v) is 2.53. The molecule has 2 unspecified atom stereocenters. The van der Waals surface area contributed by atoms with Gasteiger partial charge in [-0.15, -0.1) is 12.4 Å². The maximum atomic E-state index is 10.8. The molecule has 4 heteroatoms. The van der Waals surface area contributed by atoms with E-state index in [0.717, 1.165) is 13.0 Å². The van der Waals surface area contributed by atoms with Crippen molar-refractivity contribution in [2.45, 2.75) is 19.4 Å². The van der Waals surface area contributed by atoms with Crippen LogP contribution in [-0.2, 0) is 4.79 Å². The van der Waals surface area contributed by atoms with Gasteiger partial charge in [0.15, 0.2) is 0 Å². The van der Waals surface area contributed by atoms with Gasteiger partial charge >= 0.3 is 0 Å². The molecule has 1 aliphatic rings. The van der Waals surface area contributed by atoms with Crippen LogP contribution in [-0.4, -0.2) is 18.5 Å². The van der Waals surface area contributed by atoms with Crippen LogP contribution in [0.3, 0.4) is 0 Å². The first-order chi connectivity index (χ1) is 4.22. The lowest BCUT2D eigenvalue weighted by Gasteiger charge is -2.24. The summed E-state index contributed by atoms with van der Waals surface area (Å²) in [5.41, 5.74) is 5.61. The zero-order valence-corrected chi connectivity index (χ0v) is 6.78. The molecule has 0 bridgehead atoms. The van der Waals surface area contributed by atoms with Crippen molar-refractivity contribution in [3.63, 3.8) is 0 Å². The van der Waals surface area contributed by atoms with E-state index >= 15 is 0 Å². The molecule has 1 heterocycles. The smallest absolute Gasteiger partial charge is 0.224 e. The average Bonchev–Trinajstić information content (AvgIpc) is 1.83. The molecule has 0 radical (unpaired) electrons. The quantitative estimate of drug-likeness (QED) is 0.525. The van der Waals surface area contributed by atoms with Gasteiger partial charge in [0.1, 0.15) is 0 Å². The summed E-state index contributed by atoms with van der Waals surface area (Å²) in [7, 11) is 0. The number of hydrogen-bond donors (Lipinski definition) is 2. The lowest BCUT2D eigenvalue weighted by atomic mass is 9.96. The summed E-state index contributed by atoms with van der Waals surface area (Å²) < 4.78 is 0. The van der Waals surface area contributed by atoms with Crippen LogP contribution in [0.25, 0.3) is 0 Å². The molecule has 1 fully saturated rings. The van der Waals surface area contributed by atoms with E-state index in [1.807, 2.05) is 6.92 Å². The maximum Gasteiger partial charge on any atom is 0.224 e. The summed E-state index contributed by atoms with van der Waals surface area (Å²) in [6.45, 7) is 2.60. The topological polar surface area (TPSA) is 55.1 Å². The molecule has 0 aromatic rings. The Morgan fingerprint density at radius 2 is 2.30 bits per heavy atom. The van der Waals surface area contributed by atoms with Gasteiger partial charge in [-0.2, -0.15) is 0 Å². The Morgan fingerprint density at radius 1 is 1.70 bits per heavy atom. The summed E-state index contributed by atoms with van der Waals surface area (Å²) in [4.78, 5) is 10.8. The molecule has 1 rings (SSSR count). The Morgan fingerprint density at radius 3 is 2.70 bits per heavy atom. The van der Waals surface area contributed by atoms with Gasteiger partial charge in [-0.05, 0) is 6.42 Å². The van der Waals surface area contributed by atoms with Crippen molar-refractivity contribution >= 4 is 18.3 Å². The Hall–Kier alpha value is -0.280. The first-order valence-corrected chi connectivity index (χ1v) is 3.25. The fourth-order valence-electron chi connectivity index (χ4n) is 0.967. The highest BCUT2D eigenvalue weighted by Crippen LogP contribution is 2.07. The number of halogens is 1. The first kappa shape index (κ1) is 9.72. The second-order valence-electron chi connectivity index (χ2n) is 2.53. The number of piperidine rings is 1. The van der Waals surface area contributed by atoms with Gasteiger partial charge in [-0.3, -0.25) is 4.79 Å². The third-order valence-corrected chi connectivity index (χ3v) is 1.83. The molecule has 0 saturated carbocycles. The number of amides is 1. The molecule has 0 spiro atoms. The molecule has 10 heavy (non-hydrogen) atoms. The summed E-state index contributed by atoms with van der Waals surface area (Å²) in [6, 6.07) is 0.0683. The largest absolute Gasteiger partial charge is 0.356 e. The number of nitrogens with two attached hydrogens (primary N) is 1. The fourth-order valence-corrected chi connectivity index (χ4v) is 0.967. The first-order valence-electron chi connectivity index (χ1n) is 3.25. The number of carbonyl (C=O) groups is 1. The minimum Gasteiger partial charge on any atom is -0.356 e. The Bertz CT molecular complexity index is 129. The summed E-state index contributed by atoms with van der Waals surface area (Å²) in [5.74, 6) is 0.0903. The number of nitrogens with one attached hydrogen (secondary N) is 1. The van der Waals surface area contributed by atoms with Crippen LogP contribution in [0, 0.1) is 5.92 Å². The lowest BCUT2D eigenvalue weighted by molar-refractivity contribution is -0.126. The van der Waals surface area contributed by atoms with E-state index in [-0.39, 0.29) is 30.3 Å². The molecule has 0 aromatic heterocycles. The van der Waals surface area contributed by atoms with Gasteiger partial charge in [0, 0.05) is 12.6 Å². The van der Waals surface area contributed by atoms with Gasteiger partial charge in [-0.1, -0.05) is 6.92 Å². The van der Waals surface area contributed by atoms with Gasteiger partial charge in [0.25, 0.3) is 0 Å². The van der Waals surface area contributed by atoms with Crippen molar-refractivity contribution in [1.29, 1.82) is 0 Å². The van der Waals surface area contributed by atoms with Crippen LogP contribution in [0.5, 0.6) is 0 Å². The van der Waals surface area contributed by atoms with Crippen LogP contribution >= 0.6 is 12.4 Å². The monoisotopic (exact) mass is 164 g/mol. The third kappa shape index (κ3) is 1.85. The average molecular weight is 165 g/mol. The standard InChI is InChI=1S/C6H12N2O.ClH/c1-4-5(7)2-3-8-6(4)9;/h4-5H,2-3,7H2,1H3,(H,8,9);1H. The molecular formula is C6H13ClN2O. The Balaban J connectivity index is 0.000000810. The van der Waals surface area contributed by atoms with Crippen molar-refractivity contribution in [3.8, 4) is 0 Å². The highest BCUT2D eigenvalue weighted by atomic mass is 35.5. The van der Waals surface area contributed by atoms with Crippen molar-refractivity contribution in [2.24, 2.45) is 11.7 Å². The second kappa shape index (κ2) is 3.78. The fraction of sp³-hybridized carbons (Fsp3) is 0.833. The maximum absolute atomic E-state index is 10.8. The number of hydrogen-bond acceptors (Lipinski definition) is 2. The highest BCUT2D eigenvalue weighted by Gasteiger charge is 2.23. The Labute approximate surface area is 66.8 Å². The number of rotatable bonds is 0. The van der Waals surface area contributed by atoms with Crippen molar-refractivity contribution in [2.75, 3.05) is 6.54 Å². The third-order valence-electron chi connectivity index (χ3n) is 1.83. The van der Waals surface area contributed by atoms with Gasteiger partial charge in [0.2, 0.25) is 5.91 Å². The van der Waals surface area contributed by atoms with Gasteiger partial charge in [0.05, 0.1) is 5.92 Å². The van der Waals surface area contributed by atoms with E-state index in [9.17, 15) is 4.79 Å². The Kier molecular flexibility index (Phi) is 3.68. The molecule has 60 valence electrons.